The van der Waals surface area contributed by atoms with Crippen LogP contribution in [0.2, 0.25) is 0 Å². The lowest BCUT2D eigenvalue weighted by Crippen LogP contribution is -2.35. The fourth-order valence-electron chi connectivity index (χ4n) is 2.41. The zero-order valence-electron chi connectivity index (χ0n) is 11.9. The largest absolute Gasteiger partial charge is 0.330 e. The highest BCUT2D eigenvalue weighted by Gasteiger charge is 2.33. The second kappa shape index (κ2) is 7.15. The van der Waals surface area contributed by atoms with Crippen LogP contribution in [0, 0.1) is 17.0 Å². The molecule has 2 rings (SSSR count). The SMILES string of the molecule is CC1(CN)CCN(CC(=O)Nc2ccc(F)c(F)c2)C1.Cl. The molecule has 1 heterocycles. The molecule has 0 aromatic heterocycles. The van der Waals surface area contributed by atoms with E-state index in [9.17, 15) is 13.6 Å². The number of nitrogens with two attached hydrogens (primary N) is 1. The molecule has 0 spiro atoms. The Bertz CT molecular complexity index is 515. The van der Waals surface area contributed by atoms with Crippen molar-refractivity contribution in [2.24, 2.45) is 11.1 Å². The first-order valence-corrected chi connectivity index (χ1v) is 6.59. The molecular formula is C14H20ClF2N3O. The zero-order chi connectivity index (χ0) is 14.8. The van der Waals surface area contributed by atoms with Crippen LogP contribution in [0.15, 0.2) is 18.2 Å². The van der Waals surface area contributed by atoms with E-state index in [4.69, 9.17) is 5.73 Å². The molecule has 1 unspecified atom stereocenters. The van der Waals surface area contributed by atoms with Crippen LogP contribution in [0.25, 0.3) is 0 Å². The van der Waals surface area contributed by atoms with E-state index < -0.39 is 11.6 Å². The molecule has 1 aromatic carbocycles. The van der Waals surface area contributed by atoms with Gasteiger partial charge in [-0.25, -0.2) is 8.78 Å². The molecule has 1 aliphatic heterocycles. The van der Waals surface area contributed by atoms with Crippen molar-refractivity contribution in [3.8, 4) is 0 Å². The Hall–Kier alpha value is -1.24. The lowest BCUT2D eigenvalue weighted by molar-refractivity contribution is -0.117. The molecule has 0 bridgehead atoms. The number of rotatable bonds is 4. The number of benzene rings is 1. The topological polar surface area (TPSA) is 58.4 Å². The molecule has 7 heteroatoms. The summed E-state index contributed by atoms with van der Waals surface area (Å²) in [5, 5.41) is 2.56. The van der Waals surface area contributed by atoms with Crippen molar-refractivity contribution in [3.05, 3.63) is 29.8 Å². The Labute approximate surface area is 129 Å². The molecule has 0 saturated carbocycles. The van der Waals surface area contributed by atoms with Gasteiger partial charge in [-0.1, -0.05) is 6.92 Å². The van der Waals surface area contributed by atoms with Crippen molar-refractivity contribution in [2.45, 2.75) is 13.3 Å². The number of hydrogen-bond acceptors (Lipinski definition) is 3. The number of amides is 1. The molecule has 4 nitrogen and oxygen atoms in total. The number of anilines is 1. The van der Waals surface area contributed by atoms with Crippen LogP contribution < -0.4 is 11.1 Å². The van der Waals surface area contributed by atoms with Gasteiger partial charge in [0, 0.05) is 18.3 Å². The third-order valence-electron chi connectivity index (χ3n) is 3.70. The van der Waals surface area contributed by atoms with Crippen molar-refractivity contribution in [3.63, 3.8) is 0 Å². The van der Waals surface area contributed by atoms with Crippen LogP contribution in [-0.2, 0) is 4.79 Å². The average Bonchev–Trinajstić information content (AvgIpc) is 2.76. The second-order valence-electron chi connectivity index (χ2n) is 5.65. The maximum atomic E-state index is 13.0. The summed E-state index contributed by atoms with van der Waals surface area (Å²) in [6.45, 7) is 4.51. The number of carbonyl (C=O) groups is 1. The highest BCUT2D eigenvalue weighted by molar-refractivity contribution is 5.92. The van der Waals surface area contributed by atoms with E-state index in [-0.39, 0.29) is 36.0 Å². The van der Waals surface area contributed by atoms with Crippen LogP contribution in [0.4, 0.5) is 14.5 Å². The molecule has 1 atom stereocenters. The van der Waals surface area contributed by atoms with Gasteiger partial charge in [-0.3, -0.25) is 9.69 Å². The summed E-state index contributed by atoms with van der Waals surface area (Å²) in [6.07, 6.45) is 0.960. The third-order valence-corrected chi connectivity index (χ3v) is 3.70. The van der Waals surface area contributed by atoms with E-state index in [1.807, 2.05) is 4.90 Å². The molecule has 1 amide bonds. The van der Waals surface area contributed by atoms with Gasteiger partial charge < -0.3 is 11.1 Å². The third kappa shape index (κ3) is 4.62. The molecule has 1 fully saturated rings. The van der Waals surface area contributed by atoms with Crippen molar-refractivity contribution in [1.29, 1.82) is 0 Å². The van der Waals surface area contributed by atoms with Crippen molar-refractivity contribution in [2.75, 3.05) is 31.5 Å². The molecule has 3 N–H and O–H groups in total. The molecule has 1 saturated heterocycles. The monoisotopic (exact) mass is 319 g/mol. The van der Waals surface area contributed by atoms with Crippen molar-refractivity contribution in [1.82, 2.24) is 4.90 Å². The van der Waals surface area contributed by atoms with Crippen molar-refractivity contribution >= 4 is 24.0 Å². The minimum absolute atomic E-state index is 0. The van der Waals surface area contributed by atoms with E-state index in [0.717, 1.165) is 31.6 Å². The Morgan fingerprint density at radius 1 is 1.43 bits per heavy atom. The fraction of sp³-hybridized carbons (Fsp3) is 0.500. The molecule has 118 valence electrons. The lowest BCUT2D eigenvalue weighted by Gasteiger charge is -2.22. The van der Waals surface area contributed by atoms with Gasteiger partial charge in [0.15, 0.2) is 11.6 Å². The first-order valence-electron chi connectivity index (χ1n) is 6.59. The van der Waals surface area contributed by atoms with E-state index >= 15 is 0 Å². The first kappa shape index (κ1) is 17.8. The van der Waals surface area contributed by atoms with Gasteiger partial charge in [0.1, 0.15) is 0 Å². The minimum Gasteiger partial charge on any atom is -0.330 e. The van der Waals surface area contributed by atoms with E-state index in [1.54, 1.807) is 0 Å². The van der Waals surface area contributed by atoms with E-state index in [2.05, 4.69) is 12.2 Å². The highest BCUT2D eigenvalue weighted by atomic mass is 35.5. The lowest BCUT2D eigenvalue weighted by atomic mass is 9.90. The summed E-state index contributed by atoms with van der Waals surface area (Å²) in [7, 11) is 0. The number of likely N-dealkylation sites (tertiary alicyclic amines) is 1. The summed E-state index contributed by atoms with van der Waals surface area (Å²) in [5.74, 6) is -2.14. The van der Waals surface area contributed by atoms with Crippen LogP contribution in [0.1, 0.15) is 13.3 Å². The second-order valence-corrected chi connectivity index (χ2v) is 5.65. The number of nitrogens with one attached hydrogen (secondary N) is 1. The Morgan fingerprint density at radius 2 is 2.14 bits per heavy atom. The molecule has 1 aromatic rings. The predicted molar refractivity (Wildman–Crippen MR) is 80.5 cm³/mol. The van der Waals surface area contributed by atoms with Crippen LogP contribution in [0.5, 0.6) is 0 Å². The van der Waals surface area contributed by atoms with Crippen LogP contribution >= 0.6 is 12.4 Å². The maximum absolute atomic E-state index is 13.0. The van der Waals surface area contributed by atoms with Gasteiger partial charge in [0.2, 0.25) is 5.91 Å². The zero-order valence-corrected chi connectivity index (χ0v) is 12.7. The van der Waals surface area contributed by atoms with Gasteiger partial charge >= 0.3 is 0 Å². The summed E-state index contributed by atoms with van der Waals surface area (Å²) in [5.41, 5.74) is 6.03. The number of nitrogens with zero attached hydrogens (tertiary/aromatic N) is 1. The quantitative estimate of drug-likeness (QED) is 0.892. The molecule has 1 aliphatic rings. The Balaban J connectivity index is 0.00000220. The van der Waals surface area contributed by atoms with Gasteiger partial charge in [-0.15, -0.1) is 12.4 Å². The number of carbonyl (C=O) groups excluding carboxylic acids is 1. The smallest absolute Gasteiger partial charge is 0.238 e. The van der Waals surface area contributed by atoms with E-state index in [1.165, 1.54) is 6.07 Å². The molecule has 0 aliphatic carbocycles. The maximum Gasteiger partial charge on any atom is 0.238 e. The highest BCUT2D eigenvalue weighted by Crippen LogP contribution is 2.28. The van der Waals surface area contributed by atoms with Gasteiger partial charge in [-0.2, -0.15) is 0 Å². The van der Waals surface area contributed by atoms with Gasteiger partial charge in [0.25, 0.3) is 0 Å². The molecule has 21 heavy (non-hydrogen) atoms. The van der Waals surface area contributed by atoms with Gasteiger partial charge in [-0.05, 0) is 37.1 Å². The van der Waals surface area contributed by atoms with Crippen LogP contribution in [0.3, 0.4) is 0 Å². The number of halogens is 3. The molecular weight excluding hydrogens is 300 g/mol. The number of hydrogen-bond donors (Lipinski definition) is 2. The normalized spacial score (nSPS) is 21.9. The van der Waals surface area contributed by atoms with Crippen molar-refractivity contribution < 1.29 is 13.6 Å². The summed E-state index contributed by atoms with van der Waals surface area (Å²) in [6, 6.07) is 3.30. The van der Waals surface area contributed by atoms with E-state index in [0.29, 0.717) is 6.54 Å². The standard InChI is InChI=1S/C14H19F2N3O.ClH/c1-14(8-17)4-5-19(9-14)7-13(20)18-10-2-3-11(15)12(16)6-10;/h2-3,6H,4-5,7-9,17H2,1H3,(H,18,20);1H. The van der Waals surface area contributed by atoms with Gasteiger partial charge in [0.05, 0.1) is 6.54 Å². The Kier molecular flexibility index (Phi) is 6.07. The average molecular weight is 320 g/mol. The Morgan fingerprint density at radius 3 is 2.71 bits per heavy atom. The minimum atomic E-state index is -0.973. The molecule has 0 radical (unpaired) electrons. The summed E-state index contributed by atoms with van der Waals surface area (Å²) >= 11 is 0. The van der Waals surface area contributed by atoms with Crippen LogP contribution in [-0.4, -0.2) is 37.0 Å². The summed E-state index contributed by atoms with van der Waals surface area (Å²) in [4.78, 5) is 13.9. The summed E-state index contributed by atoms with van der Waals surface area (Å²) < 4.78 is 25.8. The first-order chi connectivity index (χ1) is 9.42. The predicted octanol–water partition coefficient (Wildman–Crippen LogP) is 2.00. The fourth-order valence-corrected chi connectivity index (χ4v) is 2.41.